The van der Waals surface area contributed by atoms with E-state index in [-0.39, 0.29) is 11.8 Å². The Balaban J connectivity index is 1.55. The van der Waals surface area contributed by atoms with Crippen molar-refractivity contribution in [1.29, 1.82) is 0 Å². The molecule has 4 heterocycles. The van der Waals surface area contributed by atoms with Crippen LogP contribution in [0.5, 0.6) is 0 Å². The smallest absolute Gasteiger partial charge is 0.231 e. The average Bonchev–Trinajstić information content (AvgIpc) is 3.46. The Hall–Kier alpha value is -2.45. The zero-order valence-electron chi connectivity index (χ0n) is 16.6. The largest absolute Gasteiger partial charge is 0.381 e. The van der Waals surface area contributed by atoms with Crippen molar-refractivity contribution < 1.29 is 9.53 Å². The lowest BCUT2D eigenvalue weighted by Crippen LogP contribution is -2.29. The molecule has 1 amide bonds. The molecule has 2 fully saturated rings. The van der Waals surface area contributed by atoms with E-state index in [9.17, 15) is 4.79 Å². The first kappa shape index (κ1) is 18.6. The fourth-order valence-electron chi connectivity index (χ4n) is 4.02. The molecule has 2 aromatic heterocycles. The van der Waals surface area contributed by atoms with Gasteiger partial charge in [0.25, 0.3) is 0 Å². The summed E-state index contributed by atoms with van der Waals surface area (Å²) >= 11 is 1.59. The molecule has 8 heteroatoms. The Morgan fingerprint density at radius 1 is 1.28 bits per heavy atom. The van der Waals surface area contributed by atoms with Crippen LogP contribution in [0.3, 0.4) is 0 Å². The number of piperidine rings is 1. The number of rotatable bonds is 4. The van der Waals surface area contributed by atoms with Crippen LogP contribution in [-0.2, 0) is 9.53 Å². The van der Waals surface area contributed by atoms with Gasteiger partial charge in [-0.2, -0.15) is 4.52 Å². The minimum Gasteiger partial charge on any atom is -0.381 e. The number of ether oxygens (including phenoxy) is 1. The van der Waals surface area contributed by atoms with Crippen molar-refractivity contribution in [2.75, 3.05) is 36.5 Å². The number of carbonyl (C=O) groups is 1. The van der Waals surface area contributed by atoms with Crippen molar-refractivity contribution in [1.82, 2.24) is 14.6 Å². The van der Waals surface area contributed by atoms with Crippen LogP contribution in [0.1, 0.15) is 31.2 Å². The molecule has 0 radical (unpaired) electrons. The minimum absolute atomic E-state index is 0.0225. The zero-order chi connectivity index (χ0) is 19.8. The Labute approximate surface area is 173 Å². The molecule has 1 aromatic carbocycles. The summed E-state index contributed by atoms with van der Waals surface area (Å²) in [6.45, 7) is 5.23. The molecule has 2 aliphatic rings. The fraction of sp³-hybridized carbons (Fsp3) is 0.476. The van der Waals surface area contributed by atoms with Gasteiger partial charge in [0.05, 0.1) is 12.5 Å². The highest BCUT2D eigenvalue weighted by Gasteiger charge is 2.27. The van der Waals surface area contributed by atoms with Gasteiger partial charge in [-0.15, -0.1) is 5.10 Å². The molecular weight excluding hydrogens is 386 g/mol. The summed E-state index contributed by atoms with van der Waals surface area (Å²) in [5.41, 5.74) is 2.91. The number of hydrogen-bond donors (Lipinski definition) is 1. The van der Waals surface area contributed by atoms with Crippen LogP contribution >= 0.6 is 11.3 Å². The molecule has 0 spiro atoms. The van der Waals surface area contributed by atoms with Crippen LogP contribution in [0.25, 0.3) is 16.2 Å². The number of nitrogens with zero attached hydrogens (tertiary/aromatic N) is 4. The SMILES string of the molecule is Cc1cccc(-c2nc3sc(N4CCCCC4)nn3c2NC(=O)[C@@H]2CCOC2)c1. The van der Waals surface area contributed by atoms with E-state index in [2.05, 4.69) is 29.3 Å². The van der Waals surface area contributed by atoms with Gasteiger partial charge >= 0.3 is 0 Å². The normalized spacial score (nSPS) is 19.8. The molecule has 0 saturated carbocycles. The lowest BCUT2D eigenvalue weighted by molar-refractivity contribution is -0.119. The number of hydrogen-bond acceptors (Lipinski definition) is 6. The van der Waals surface area contributed by atoms with Gasteiger partial charge < -0.3 is 15.0 Å². The minimum atomic E-state index is -0.119. The molecule has 3 aromatic rings. The van der Waals surface area contributed by atoms with Gasteiger partial charge in [0.1, 0.15) is 5.69 Å². The predicted molar refractivity (Wildman–Crippen MR) is 115 cm³/mol. The number of anilines is 2. The van der Waals surface area contributed by atoms with E-state index >= 15 is 0 Å². The van der Waals surface area contributed by atoms with Gasteiger partial charge in [0, 0.05) is 25.3 Å². The quantitative estimate of drug-likeness (QED) is 0.708. The Morgan fingerprint density at radius 3 is 2.90 bits per heavy atom. The molecule has 29 heavy (non-hydrogen) atoms. The third kappa shape index (κ3) is 3.62. The number of fused-ring (bicyclic) bond motifs is 1. The number of aromatic nitrogens is 3. The Bertz CT molecular complexity index is 1030. The molecule has 0 unspecified atom stereocenters. The highest BCUT2D eigenvalue weighted by Crippen LogP contribution is 2.35. The maximum atomic E-state index is 12.8. The van der Waals surface area contributed by atoms with Crippen LogP contribution in [0, 0.1) is 12.8 Å². The van der Waals surface area contributed by atoms with Crippen molar-refractivity contribution in [2.24, 2.45) is 5.92 Å². The van der Waals surface area contributed by atoms with Crippen LogP contribution < -0.4 is 10.2 Å². The van der Waals surface area contributed by atoms with Gasteiger partial charge in [0.2, 0.25) is 16.0 Å². The van der Waals surface area contributed by atoms with E-state index in [1.165, 1.54) is 19.3 Å². The summed E-state index contributed by atoms with van der Waals surface area (Å²) < 4.78 is 7.20. The molecule has 0 bridgehead atoms. The van der Waals surface area contributed by atoms with Crippen molar-refractivity contribution in [3.8, 4) is 11.3 Å². The van der Waals surface area contributed by atoms with Gasteiger partial charge in [0.15, 0.2) is 5.82 Å². The molecule has 0 aliphatic carbocycles. The molecule has 5 rings (SSSR count). The number of imidazole rings is 1. The zero-order valence-corrected chi connectivity index (χ0v) is 17.4. The Morgan fingerprint density at radius 2 is 2.14 bits per heavy atom. The molecule has 1 N–H and O–H groups in total. The summed E-state index contributed by atoms with van der Waals surface area (Å²) in [5, 5.41) is 8.93. The first-order valence-electron chi connectivity index (χ1n) is 10.3. The standard InChI is InChI=1S/C21H25N5O2S/c1-14-6-5-7-15(12-14)17-18(23-19(27)16-8-11-28-13-16)26-20(22-17)29-21(24-26)25-9-3-2-4-10-25/h5-7,12,16H,2-4,8-11,13H2,1H3,(H,23,27)/t16-/m1/s1. The number of benzene rings is 1. The first-order chi connectivity index (χ1) is 14.2. The number of aryl methyl sites for hydroxylation is 1. The summed E-state index contributed by atoms with van der Waals surface area (Å²) in [6.07, 6.45) is 4.42. The van der Waals surface area contributed by atoms with Crippen LogP contribution in [0.15, 0.2) is 24.3 Å². The lowest BCUT2D eigenvalue weighted by Gasteiger charge is -2.25. The third-order valence-electron chi connectivity index (χ3n) is 5.65. The second-order valence-corrected chi connectivity index (χ2v) is 8.79. The molecule has 2 aliphatic heterocycles. The number of amides is 1. The lowest BCUT2D eigenvalue weighted by atomic mass is 10.1. The second kappa shape index (κ2) is 7.76. The van der Waals surface area contributed by atoms with Crippen molar-refractivity contribution >= 4 is 33.2 Å². The van der Waals surface area contributed by atoms with E-state index in [1.54, 1.807) is 15.9 Å². The van der Waals surface area contributed by atoms with E-state index < -0.39 is 0 Å². The number of carbonyl (C=O) groups excluding carboxylic acids is 1. The topological polar surface area (TPSA) is 71.8 Å². The molecule has 7 nitrogen and oxygen atoms in total. The fourth-order valence-corrected chi connectivity index (χ4v) is 4.97. The molecule has 1 atom stereocenters. The van der Waals surface area contributed by atoms with Crippen LogP contribution in [0.2, 0.25) is 0 Å². The van der Waals surface area contributed by atoms with Crippen molar-refractivity contribution in [3.63, 3.8) is 0 Å². The Kier molecular flexibility index (Phi) is 4.97. The van der Waals surface area contributed by atoms with Gasteiger partial charge in [-0.1, -0.05) is 35.1 Å². The second-order valence-electron chi connectivity index (χ2n) is 7.85. The molecule has 2 saturated heterocycles. The molecule has 152 valence electrons. The van der Waals surface area contributed by atoms with Gasteiger partial charge in [-0.3, -0.25) is 4.79 Å². The third-order valence-corrected chi connectivity index (χ3v) is 6.62. The highest BCUT2D eigenvalue weighted by atomic mass is 32.1. The predicted octanol–water partition coefficient (Wildman–Crippen LogP) is 3.73. The maximum absolute atomic E-state index is 12.8. The van der Waals surface area contributed by atoms with Gasteiger partial charge in [-0.25, -0.2) is 4.98 Å². The maximum Gasteiger partial charge on any atom is 0.231 e. The van der Waals surface area contributed by atoms with Crippen LogP contribution in [0.4, 0.5) is 10.9 Å². The summed E-state index contributed by atoms with van der Waals surface area (Å²) in [4.78, 5) is 20.8. The summed E-state index contributed by atoms with van der Waals surface area (Å²) in [6, 6.07) is 8.19. The number of nitrogens with one attached hydrogen (secondary N) is 1. The highest BCUT2D eigenvalue weighted by molar-refractivity contribution is 7.20. The van der Waals surface area contributed by atoms with Gasteiger partial charge in [-0.05, 0) is 38.7 Å². The van der Waals surface area contributed by atoms with E-state index in [0.29, 0.717) is 19.0 Å². The van der Waals surface area contributed by atoms with Crippen molar-refractivity contribution in [2.45, 2.75) is 32.6 Å². The summed E-state index contributed by atoms with van der Waals surface area (Å²) in [7, 11) is 0. The van der Waals surface area contributed by atoms with E-state index in [1.807, 2.05) is 12.1 Å². The average molecular weight is 412 g/mol. The first-order valence-corrected chi connectivity index (χ1v) is 11.1. The van der Waals surface area contributed by atoms with E-state index in [0.717, 1.165) is 46.4 Å². The monoisotopic (exact) mass is 411 g/mol. The molecular formula is C21H25N5O2S. The summed E-state index contributed by atoms with van der Waals surface area (Å²) in [5.74, 6) is 0.513. The van der Waals surface area contributed by atoms with E-state index in [4.69, 9.17) is 14.8 Å². The van der Waals surface area contributed by atoms with Crippen LogP contribution in [-0.4, -0.2) is 46.8 Å². The van der Waals surface area contributed by atoms with Crippen molar-refractivity contribution in [3.05, 3.63) is 29.8 Å².